The molecule has 1 rings (SSSR count). The van der Waals surface area contributed by atoms with Gasteiger partial charge in [-0.15, -0.1) is 0 Å². The van der Waals surface area contributed by atoms with Crippen LogP contribution in [0.25, 0.3) is 0 Å². The summed E-state index contributed by atoms with van der Waals surface area (Å²) in [5.74, 6) is 0. The number of aliphatic hydroxyl groups excluding tert-OH is 1. The van der Waals surface area contributed by atoms with E-state index in [9.17, 15) is 13.2 Å². The Morgan fingerprint density at radius 2 is 2.19 bits per heavy atom. The molecule has 0 aliphatic heterocycles. The largest absolute Gasteiger partial charge is 0.433 e. The van der Waals surface area contributed by atoms with E-state index >= 15 is 0 Å². The summed E-state index contributed by atoms with van der Waals surface area (Å²) in [7, 11) is 0. The SMILES string of the molecule is CC(O)CNc1cc(C(F)(F)F)ncc1N. The number of hydrogen-bond donors (Lipinski definition) is 3. The van der Waals surface area contributed by atoms with Crippen molar-refractivity contribution in [2.75, 3.05) is 17.6 Å². The molecular weight excluding hydrogens is 223 g/mol. The molecule has 0 aliphatic carbocycles. The van der Waals surface area contributed by atoms with Crippen LogP contribution in [0.1, 0.15) is 12.6 Å². The maximum absolute atomic E-state index is 12.3. The number of nitrogen functional groups attached to an aromatic ring is 1. The molecule has 0 fully saturated rings. The summed E-state index contributed by atoms with van der Waals surface area (Å²) in [5, 5.41) is 11.6. The molecule has 0 aliphatic rings. The second-order valence-corrected chi connectivity index (χ2v) is 3.38. The highest BCUT2D eigenvalue weighted by Crippen LogP contribution is 2.30. The van der Waals surface area contributed by atoms with Crippen molar-refractivity contribution in [1.82, 2.24) is 4.98 Å². The minimum absolute atomic E-state index is 0.105. The molecule has 0 amide bonds. The summed E-state index contributed by atoms with van der Waals surface area (Å²) < 4.78 is 37.0. The zero-order valence-corrected chi connectivity index (χ0v) is 8.54. The van der Waals surface area contributed by atoms with Crippen molar-refractivity contribution in [1.29, 1.82) is 0 Å². The molecule has 16 heavy (non-hydrogen) atoms. The molecule has 0 spiro atoms. The molecule has 0 saturated heterocycles. The van der Waals surface area contributed by atoms with E-state index in [2.05, 4.69) is 10.3 Å². The van der Waals surface area contributed by atoms with Crippen LogP contribution in [0, 0.1) is 0 Å². The number of aliphatic hydroxyl groups is 1. The first-order valence-corrected chi connectivity index (χ1v) is 4.55. The highest BCUT2D eigenvalue weighted by Gasteiger charge is 2.32. The van der Waals surface area contributed by atoms with E-state index in [4.69, 9.17) is 10.8 Å². The summed E-state index contributed by atoms with van der Waals surface area (Å²) in [6.07, 6.45) is -4.25. The normalized spacial score (nSPS) is 13.6. The minimum Gasteiger partial charge on any atom is -0.396 e. The quantitative estimate of drug-likeness (QED) is 0.742. The van der Waals surface area contributed by atoms with Gasteiger partial charge < -0.3 is 16.2 Å². The number of alkyl halides is 3. The van der Waals surface area contributed by atoms with Crippen LogP contribution < -0.4 is 11.1 Å². The van der Waals surface area contributed by atoms with E-state index in [0.29, 0.717) is 0 Å². The van der Waals surface area contributed by atoms with Crippen LogP contribution in [0.4, 0.5) is 24.5 Å². The van der Waals surface area contributed by atoms with Crippen molar-refractivity contribution >= 4 is 11.4 Å². The summed E-state index contributed by atoms with van der Waals surface area (Å²) in [5.41, 5.74) is 4.65. The van der Waals surface area contributed by atoms with Gasteiger partial charge in [0.05, 0.1) is 23.7 Å². The molecule has 1 unspecified atom stereocenters. The molecule has 90 valence electrons. The predicted molar refractivity (Wildman–Crippen MR) is 53.8 cm³/mol. The first kappa shape index (κ1) is 12.6. The van der Waals surface area contributed by atoms with E-state index in [1.54, 1.807) is 0 Å². The number of nitrogens with one attached hydrogen (secondary N) is 1. The van der Waals surface area contributed by atoms with Crippen molar-refractivity contribution in [2.45, 2.75) is 19.2 Å². The molecule has 1 aromatic rings. The third-order valence-electron chi connectivity index (χ3n) is 1.81. The van der Waals surface area contributed by atoms with Crippen LogP contribution in [0.15, 0.2) is 12.3 Å². The number of pyridine rings is 1. The molecule has 0 radical (unpaired) electrons. The summed E-state index contributed by atoms with van der Waals surface area (Å²) >= 11 is 0. The molecule has 1 atom stereocenters. The van der Waals surface area contributed by atoms with Crippen LogP contribution in [0.3, 0.4) is 0 Å². The number of anilines is 2. The number of nitrogens with two attached hydrogens (primary N) is 1. The first-order chi connectivity index (χ1) is 7.30. The first-order valence-electron chi connectivity index (χ1n) is 4.55. The maximum atomic E-state index is 12.3. The smallest absolute Gasteiger partial charge is 0.396 e. The number of halogens is 3. The van der Waals surface area contributed by atoms with Crippen LogP contribution in [-0.2, 0) is 6.18 Å². The summed E-state index contributed by atoms with van der Waals surface area (Å²) in [6.45, 7) is 1.63. The number of aromatic nitrogens is 1. The standard InChI is InChI=1S/C9H12F3N3O/c1-5(16)3-14-7-2-8(9(10,11)12)15-4-6(7)13/h2,4-5,16H,3,13H2,1H3,(H,14,15). The zero-order chi connectivity index (χ0) is 12.3. The molecule has 7 heteroatoms. The van der Waals surface area contributed by atoms with Gasteiger partial charge in [0, 0.05) is 6.54 Å². The van der Waals surface area contributed by atoms with E-state index in [1.807, 2.05) is 0 Å². The van der Waals surface area contributed by atoms with Crippen molar-refractivity contribution in [3.8, 4) is 0 Å². The number of rotatable bonds is 3. The Labute approximate surface area is 90.3 Å². The van der Waals surface area contributed by atoms with Gasteiger partial charge in [-0.25, -0.2) is 4.98 Å². The van der Waals surface area contributed by atoms with Crippen LogP contribution in [0.2, 0.25) is 0 Å². The molecule has 1 heterocycles. The number of hydrogen-bond acceptors (Lipinski definition) is 4. The van der Waals surface area contributed by atoms with Crippen LogP contribution in [-0.4, -0.2) is 22.7 Å². The van der Waals surface area contributed by atoms with Gasteiger partial charge in [0.15, 0.2) is 0 Å². The van der Waals surface area contributed by atoms with Gasteiger partial charge >= 0.3 is 6.18 Å². The molecule has 0 aromatic carbocycles. The number of nitrogens with zero attached hydrogens (tertiary/aromatic N) is 1. The second-order valence-electron chi connectivity index (χ2n) is 3.38. The fourth-order valence-electron chi connectivity index (χ4n) is 1.03. The Hall–Kier alpha value is -1.50. The Kier molecular flexibility index (Phi) is 3.58. The lowest BCUT2D eigenvalue weighted by molar-refractivity contribution is -0.141. The van der Waals surface area contributed by atoms with Crippen molar-refractivity contribution in [3.05, 3.63) is 18.0 Å². The van der Waals surface area contributed by atoms with Gasteiger partial charge in [0.2, 0.25) is 0 Å². The zero-order valence-electron chi connectivity index (χ0n) is 8.54. The molecule has 0 bridgehead atoms. The lowest BCUT2D eigenvalue weighted by Gasteiger charge is -2.13. The maximum Gasteiger partial charge on any atom is 0.433 e. The van der Waals surface area contributed by atoms with Crippen molar-refractivity contribution in [2.24, 2.45) is 0 Å². The van der Waals surface area contributed by atoms with Crippen molar-refractivity contribution < 1.29 is 18.3 Å². The highest BCUT2D eigenvalue weighted by molar-refractivity contribution is 5.65. The Morgan fingerprint density at radius 1 is 1.56 bits per heavy atom. The van der Waals surface area contributed by atoms with E-state index in [1.165, 1.54) is 6.92 Å². The summed E-state index contributed by atoms with van der Waals surface area (Å²) in [4.78, 5) is 3.18. The highest BCUT2D eigenvalue weighted by atomic mass is 19.4. The van der Waals surface area contributed by atoms with Gasteiger partial charge in [0.1, 0.15) is 5.69 Å². The van der Waals surface area contributed by atoms with Gasteiger partial charge in [0.25, 0.3) is 0 Å². The minimum atomic E-state index is -4.50. The molecule has 4 N–H and O–H groups in total. The van der Waals surface area contributed by atoms with Gasteiger partial charge in [-0.2, -0.15) is 13.2 Å². The average Bonchev–Trinajstić information content (AvgIpc) is 2.14. The van der Waals surface area contributed by atoms with Gasteiger partial charge in [-0.05, 0) is 13.0 Å². The lowest BCUT2D eigenvalue weighted by Crippen LogP contribution is -2.17. The van der Waals surface area contributed by atoms with Gasteiger partial charge in [-0.3, -0.25) is 0 Å². The Morgan fingerprint density at radius 3 is 2.69 bits per heavy atom. The van der Waals surface area contributed by atoms with Crippen LogP contribution in [0.5, 0.6) is 0 Å². The fraction of sp³-hybridized carbons (Fsp3) is 0.444. The molecular formula is C9H12F3N3O. The third-order valence-corrected chi connectivity index (χ3v) is 1.81. The predicted octanol–water partition coefficient (Wildman–Crippen LogP) is 1.48. The van der Waals surface area contributed by atoms with Gasteiger partial charge in [-0.1, -0.05) is 0 Å². The van der Waals surface area contributed by atoms with E-state index < -0.39 is 18.0 Å². The van der Waals surface area contributed by atoms with Crippen LogP contribution >= 0.6 is 0 Å². The Balaban J connectivity index is 2.91. The lowest BCUT2D eigenvalue weighted by atomic mass is 10.2. The molecule has 4 nitrogen and oxygen atoms in total. The fourth-order valence-corrected chi connectivity index (χ4v) is 1.03. The topological polar surface area (TPSA) is 71.2 Å². The van der Waals surface area contributed by atoms with E-state index in [0.717, 1.165) is 12.3 Å². The average molecular weight is 235 g/mol. The monoisotopic (exact) mass is 235 g/mol. The van der Waals surface area contributed by atoms with E-state index in [-0.39, 0.29) is 17.9 Å². The molecule has 0 saturated carbocycles. The summed E-state index contributed by atoms with van der Waals surface area (Å²) in [6, 6.07) is 0.817. The Bertz CT molecular complexity index is 366. The molecule has 1 aromatic heterocycles. The van der Waals surface area contributed by atoms with Crippen molar-refractivity contribution in [3.63, 3.8) is 0 Å². The third kappa shape index (κ3) is 3.27. The second kappa shape index (κ2) is 4.56.